The van der Waals surface area contributed by atoms with E-state index in [0.717, 1.165) is 11.1 Å². The normalized spacial score (nSPS) is 11.5. The molecule has 0 saturated carbocycles. The van der Waals surface area contributed by atoms with Gasteiger partial charge < -0.3 is 25.1 Å². The first-order valence-corrected chi connectivity index (χ1v) is 9.79. The van der Waals surface area contributed by atoms with Gasteiger partial charge in [-0.2, -0.15) is 8.78 Å². The third-order valence-corrected chi connectivity index (χ3v) is 4.18. The zero-order valence-corrected chi connectivity index (χ0v) is 17.4. The first-order chi connectivity index (χ1) is 14.4. The molecule has 3 N–H and O–H groups in total. The molecule has 0 spiro atoms. The number of alkyl halides is 2. The van der Waals surface area contributed by atoms with Crippen molar-refractivity contribution in [3.63, 3.8) is 0 Å². The Balaban J connectivity index is 1.85. The molecule has 1 heterocycles. The number of halogens is 2. The van der Waals surface area contributed by atoms with Gasteiger partial charge in [-0.25, -0.2) is 4.99 Å². The Bertz CT molecular complexity index is 853. The number of aryl methyl sites for hydroxylation is 2. The minimum absolute atomic E-state index is 0.117. The molecule has 0 aliphatic carbocycles. The average Bonchev–Trinajstić information content (AvgIpc) is 3.13. The summed E-state index contributed by atoms with van der Waals surface area (Å²) in [6.45, 7) is 4.60. The first-order valence-electron chi connectivity index (χ1n) is 9.79. The lowest BCUT2D eigenvalue weighted by atomic mass is 10.1. The van der Waals surface area contributed by atoms with Crippen molar-refractivity contribution in [2.45, 2.75) is 40.3 Å². The van der Waals surface area contributed by atoms with E-state index in [1.54, 1.807) is 18.2 Å². The van der Waals surface area contributed by atoms with E-state index in [-0.39, 0.29) is 18.2 Å². The van der Waals surface area contributed by atoms with Gasteiger partial charge in [0.2, 0.25) is 0 Å². The Morgan fingerprint density at radius 2 is 1.93 bits per heavy atom. The number of furan rings is 1. The predicted molar refractivity (Wildman–Crippen MR) is 111 cm³/mol. The van der Waals surface area contributed by atoms with Crippen LogP contribution in [0.25, 0.3) is 0 Å². The molecule has 1 aromatic carbocycles. The SMILES string of the molecule is CCNC(=NCc1cc(C)ccc1OC(F)F)NCCCNC(=O)c1occc1C. The number of hydrogen-bond acceptors (Lipinski definition) is 4. The molecule has 1 amide bonds. The predicted octanol–water partition coefficient (Wildman–Crippen LogP) is 3.37. The summed E-state index contributed by atoms with van der Waals surface area (Å²) in [6.07, 6.45) is 2.15. The number of carbonyl (C=O) groups is 1. The topological polar surface area (TPSA) is 87.9 Å². The molecule has 30 heavy (non-hydrogen) atoms. The second-order valence-electron chi connectivity index (χ2n) is 6.65. The second-order valence-corrected chi connectivity index (χ2v) is 6.65. The van der Waals surface area contributed by atoms with E-state index < -0.39 is 6.61 Å². The van der Waals surface area contributed by atoms with Crippen molar-refractivity contribution in [1.82, 2.24) is 16.0 Å². The highest BCUT2D eigenvalue weighted by molar-refractivity contribution is 5.92. The lowest BCUT2D eigenvalue weighted by molar-refractivity contribution is -0.0504. The maximum Gasteiger partial charge on any atom is 0.387 e. The fourth-order valence-electron chi connectivity index (χ4n) is 2.73. The Morgan fingerprint density at radius 3 is 2.60 bits per heavy atom. The quantitative estimate of drug-likeness (QED) is 0.310. The van der Waals surface area contributed by atoms with Gasteiger partial charge in [-0.1, -0.05) is 17.7 Å². The fraction of sp³-hybridized carbons (Fsp3) is 0.429. The van der Waals surface area contributed by atoms with Crippen molar-refractivity contribution in [1.29, 1.82) is 0 Å². The largest absolute Gasteiger partial charge is 0.459 e. The number of carbonyl (C=O) groups excluding carboxylic acids is 1. The number of guanidine groups is 1. The van der Waals surface area contributed by atoms with Crippen molar-refractivity contribution in [2.75, 3.05) is 19.6 Å². The van der Waals surface area contributed by atoms with Crippen LogP contribution < -0.4 is 20.7 Å². The number of hydrogen-bond donors (Lipinski definition) is 3. The minimum atomic E-state index is -2.89. The number of nitrogens with zero attached hydrogens (tertiary/aromatic N) is 1. The van der Waals surface area contributed by atoms with Gasteiger partial charge in [0.15, 0.2) is 11.7 Å². The summed E-state index contributed by atoms with van der Waals surface area (Å²) >= 11 is 0. The van der Waals surface area contributed by atoms with Crippen LogP contribution in [-0.2, 0) is 6.54 Å². The van der Waals surface area contributed by atoms with Crippen LogP contribution in [0.15, 0.2) is 39.9 Å². The van der Waals surface area contributed by atoms with Crippen LogP contribution in [0.1, 0.15) is 40.6 Å². The number of nitrogens with one attached hydrogen (secondary N) is 3. The van der Waals surface area contributed by atoms with E-state index in [0.29, 0.717) is 43.3 Å². The van der Waals surface area contributed by atoms with Gasteiger partial charge in [-0.3, -0.25) is 4.79 Å². The third-order valence-electron chi connectivity index (χ3n) is 4.18. The van der Waals surface area contributed by atoms with Gasteiger partial charge in [0.05, 0.1) is 12.8 Å². The summed E-state index contributed by atoms with van der Waals surface area (Å²) < 4.78 is 35.0. The molecular weight excluding hydrogens is 394 g/mol. The molecule has 164 valence electrons. The van der Waals surface area contributed by atoms with Gasteiger partial charge in [-0.05, 0) is 39.3 Å². The molecule has 2 aromatic rings. The van der Waals surface area contributed by atoms with Gasteiger partial charge in [-0.15, -0.1) is 0 Å². The van der Waals surface area contributed by atoms with E-state index in [9.17, 15) is 13.6 Å². The van der Waals surface area contributed by atoms with E-state index in [2.05, 4.69) is 25.7 Å². The molecule has 0 aliphatic heterocycles. The van der Waals surface area contributed by atoms with Crippen LogP contribution >= 0.6 is 0 Å². The number of benzene rings is 1. The Morgan fingerprint density at radius 1 is 1.17 bits per heavy atom. The summed E-state index contributed by atoms with van der Waals surface area (Å²) in [5.41, 5.74) is 2.30. The summed E-state index contributed by atoms with van der Waals surface area (Å²) in [5.74, 6) is 0.739. The molecule has 0 aliphatic rings. The molecule has 1 aromatic heterocycles. The summed E-state index contributed by atoms with van der Waals surface area (Å²) in [5, 5.41) is 9.07. The zero-order chi connectivity index (χ0) is 21.9. The molecule has 0 unspecified atom stereocenters. The van der Waals surface area contributed by atoms with E-state index in [1.807, 2.05) is 20.8 Å². The van der Waals surface area contributed by atoms with Gasteiger partial charge in [0.25, 0.3) is 5.91 Å². The van der Waals surface area contributed by atoms with E-state index in [4.69, 9.17) is 4.42 Å². The summed E-state index contributed by atoms with van der Waals surface area (Å²) in [4.78, 5) is 16.4. The molecule has 0 bridgehead atoms. The summed E-state index contributed by atoms with van der Waals surface area (Å²) in [7, 11) is 0. The van der Waals surface area contributed by atoms with Crippen LogP contribution in [-0.4, -0.2) is 38.1 Å². The molecular formula is C21H28F2N4O3. The number of rotatable bonds is 10. The van der Waals surface area contributed by atoms with Crippen molar-refractivity contribution in [3.05, 3.63) is 53.0 Å². The third kappa shape index (κ3) is 7.38. The second kappa shape index (κ2) is 11.8. The van der Waals surface area contributed by atoms with Gasteiger partial charge in [0.1, 0.15) is 5.75 Å². The first kappa shape index (κ1) is 23.2. The maximum atomic E-state index is 12.6. The monoisotopic (exact) mass is 422 g/mol. The Kier molecular flexibility index (Phi) is 9.11. The Hall–Kier alpha value is -3.10. The number of ether oxygens (including phenoxy) is 1. The van der Waals surface area contributed by atoms with Crippen LogP contribution in [0.3, 0.4) is 0 Å². The molecule has 7 nitrogen and oxygen atoms in total. The molecule has 0 saturated heterocycles. The highest BCUT2D eigenvalue weighted by atomic mass is 19.3. The van der Waals surface area contributed by atoms with E-state index in [1.165, 1.54) is 12.3 Å². The molecule has 0 radical (unpaired) electrons. The highest BCUT2D eigenvalue weighted by Crippen LogP contribution is 2.22. The molecule has 0 atom stereocenters. The Labute approximate surface area is 174 Å². The van der Waals surface area contributed by atoms with Crippen molar-refractivity contribution < 1.29 is 22.7 Å². The standard InChI is InChI=1S/C21H28F2N4O3/c1-4-24-21(26-10-5-9-25-19(28)18-15(3)8-11-29-18)27-13-16-12-14(2)6-7-17(16)30-20(22)23/h6-8,11-12,20H,4-5,9-10,13H2,1-3H3,(H,25,28)(H2,24,26,27). The average molecular weight is 422 g/mol. The van der Waals surface area contributed by atoms with E-state index >= 15 is 0 Å². The fourth-order valence-corrected chi connectivity index (χ4v) is 2.73. The van der Waals surface area contributed by atoms with Crippen molar-refractivity contribution >= 4 is 11.9 Å². The maximum absolute atomic E-state index is 12.6. The van der Waals surface area contributed by atoms with Gasteiger partial charge >= 0.3 is 6.61 Å². The van der Waals surface area contributed by atoms with Crippen LogP contribution in [0.2, 0.25) is 0 Å². The molecule has 9 heteroatoms. The van der Waals surface area contributed by atoms with Crippen LogP contribution in [0.5, 0.6) is 5.75 Å². The van der Waals surface area contributed by atoms with Crippen molar-refractivity contribution in [3.8, 4) is 5.75 Å². The van der Waals surface area contributed by atoms with Gasteiger partial charge in [0, 0.05) is 30.8 Å². The minimum Gasteiger partial charge on any atom is -0.459 e. The summed E-state index contributed by atoms with van der Waals surface area (Å²) in [6, 6.07) is 6.75. The van der Waals surface area contributed by atoms with Crippen molar-refractivity contribution in [2.24, 2.45) is 4.99 Å². The number of aliphatic imine (C=N–C) groups is 1. The molecule has 2 rings (SSSR count). The lowest BCUT2D eigenvalue weighted by Gasteiger charge is -2.13. The highest BCUT2D eigenvalue weighted by Gasteiger charge is 2.12. The molecule has 0 fully saturated rings. The van der Waals surface area contributed by atoms with Crippen LogP contribution in [0, 0.1) is 13.8 Å². The van der Waals surface area contributed by atoms with Crippen LogP contribution in [0.4, 0.5) is 8.78 Å². The smallest absolute Gasteiger partial charge is 0.387 e. The zero-order valence-electron chi connectivity index (χ0n) is 17.4. The number of amides is 1. The lowest BCUT2D eigenvalue weighted by Crippen LogP contribution is -2.38.